The lowest BCUT2D eigenvalue weighted by Gasteiger charge is -2.17. The van der Waals surface area contributed by atoms with E-state index in [4.69, 9.17) is 5.11 Å². The van der Waals surface area contributed by atoms with Gasteiger partial charge in [-0.2, -0.15) is 5.10 Å². The Bertz CT molecular complexity index is 737. The number of H-pyrrole nitrogens is 1. The number of thiazole rings is 1. The van der Waals surface area contributed by atoms with Crippen molar-refractivity contribution in [2.75, 3.05) is 6.54 Å². The van der Waals surface area contributed by atoms with Crippen LogP contribution in [0.3, 0.4) is 0 Å². The number of nitrogens with zero attached hydrogens (tertiary/aromatic N) is 2. The summed E-state index contributed by atoms with van der Waals surface area (Å²) in [6.45, 7) is 2.59. The van der Waals surface area contributed by atoms with Crippen LogP contribution >= 0.6 is 11.3 Å². The largest absolute Gasteiger partial charge is 0.476 e. The van der Waals surface area contributed by atoms with Gasteiger partial charge in [0.05, 0.1) is 5.01 Å². The molecule has 3 rings (SSSR count). The Morgan fingerprint density at radius 1 is 1.52 bits per heavy atom. The van der Waals surface area contributed by atoms with Gasteiger partial charge in [-0.25, -0.2) is 9.78 Å². The SMILES string of the molecule is CC1CCc2[nH]nc(C(=O)NCCc3nc(C(=O)O)cs3)c2C1. The number of aromatic nitrogens is 3. The standard InChI is InChI=1S/C15H18N4O3S/c1-8-2-3-10-9(6-8)13(19-18-10)14(20)16-5-4-12-17-11(7-23-12)15(21)22/h7-8H,2-6H2,1H3,(H,16,20)(H,18,19)(H,21,22). The van der Waals surface area contributed by atoms with Gasteiger partial charge in [0.2, 0.25) is 0 Å². The van der Waals surface area contributed by atoms with Crippen LogP contribution in [-0.2, 0) is 19.3 Å². The van der Waals surface area contributed by atoms with Gasteiger partial charge in [0, 0.05) is 29.6 Å². The number of carbonyl (C=O) groups excluding carboxylic acids is 1. The number of carboxylic acids is 1. The van der Waals surface area contributed by atoms with Crippen LogP contribution in [0.25, 0.3) is 0 Å². The molecule has 0 bridgehead atoms. The maximum Gasteiger partial charge on any atom is 0.355 e. The van der Waals surface area contributed by atoms with Crippen molar-refractivity contribution < 1.29 is 14.7 Å². The van der Waals surface area contributed by atoms with Gasteiger partial charge in [-0.15, -0.1) is 11.3 Å². The molecule has 1 unspecified atom stereocenters. The quantitative estimate of drug-likeness (QED) is 0.771. The van der Waals surface area contributed by atoms with Gasteiger partial charge in [0.15, 0.2) is 11.4 Å². The molecule has 122 valence electrons. The first-order valence-electron chi connectivity index (χ1n) is 7.56. The number of hydrogen-bond donors (Lipinski definition) is 3. The summed E-state index contributed by atoms with van der Waals surface area (Å²) in [7, 11) is 0. The Hall–Kier alpha value is -2.22. The van der Waals surface area contributed by atoms with E-state index in [1.807, 2.05) is 0 Å². The summed E-state index contributed by atoms with van der Waals surface area (Å²) in [5.74, 6) is -0.656. The second-order valence-corrected chi connectivity index (χ2v) is 6.76. The monoisotopic (exact) mass is 334 g/mol. The van der Waals surface area contributed by atoms with E-state index < -0.39 is 5.97 Å². The minimum Gasteiger partial charge on any atom is -0.476 e. The Morgan fingerprint density at radius 2 is 2.35 bits per heavy atom. The topological polar surface area (TPSA) is 108 Å². The van der Waals surface area contributed by atoms with E-state index in [-0.39, 0.29) is 11.6 Å². The molecule has 1 aliphatic carbocycles. The predicted molar refractivity (Wildman–Crippen MR) is 84.9 cm³/mol. The van der Waals surface area contributed by atoms with Crippen molar-refractivity contribution in [2.45, 2.75) is 32.6 Å². The van der Waals surface area contributed by atoms with E-state index in [0.29, 0.717) is 29.6 Å². The summed E-state index contributed by atoms with van der Waals surface area (Å²) >= 11 is 1.29. The molecule has 0 aliphatic heterocycles. The molecule has 7 nitrogen and oxygen atoms in total. The van der Waals surface area contributed by atoms with Crippen LogP contribution < -0.4 is 5.32 Å². The second kappa shape index (κ2) is 6.49. The molecule has 0 spiro atoms. The van der Waals surface area contributed by atoms with Crippen molar-refractivity contribution in [3.8, 4) is 0 Å². The minimum absolute atomic E-state index is 0.0479. The van der Waals surface area contributed by atoms with Gasteiger partial charge in [0.1, 0.15) is 0 Å². The van der Waals surface area contributed by atoms with Gasteiger partial charge in [-0.3, -0.25) is 9.89 Å². The molecule has 3 N–H and O–H groups in total. The fraction of sp³-hybridized carbons (Fsp3) is 0.467. The molecular formula is C15H18N4O3S. The molecule has 0 saturated heterocycles. The number of nitrogens with one attached hydrogen (secondary N) is 2. The van der Waals surface area contributed by atoms with E-state index >= 15 is 0 Å². The van der Waals surface area contributed by atoms with Crippen LogP contribution in [0.15, 0.2) is 5.38 Å². The summed E-state index contributed by atoms with van der Waals surface area (Å²) in [4.78, 5) is 27.1. The number of aromatic amines is 1. The van der Waals surface area contributed by atoms with Crippen LogP contribution in [0.4, 0.5) is 0 Å². The first-order chi connectivity index (χ1) is 11.0. The van der Waals surface area contributed by atoms with Crippen LogP contribution in [0.2, 0.25) is 0 Å². The van der Waals surface area contributed by atoms with Crippen molar-refractivity contribution >= 4 is 23.2 Å². The van der Waals surface area contributed by atoms with Crippen molar-refractivity contribution in [2.24, 2.45) is 5.92 Å². The summed E-state index contributed by atoms with van der Waals surface area (Å²) in [5.41, 5.74) is 2.63. The maximum absolute atomic E-state index is 12.3. The minimum atomic E-state index is -1.03. The number of rotatable bonds is 5. The van der Waals surface area contributed by atoms with Gasteiger partial charge in [-0.05, 0) is 25.2 Å². The van der Waals surface area contributed by atoms with Crippen LogP contribution in [-0.4, -0.2) is 38.7 Å². The van der Waals surface area contributed by atoms with Crippen LogP contribution in [0, 0.1) is 5.92 Å². The molecule has 23 heavy (non-hydrogen) atoms. The average molecular weight is 334 g/mol. The number of carbonyl (C=O) groups is 2. The number of amides is 1. The molecule has 2 aromatic rings. The molecule has 0 fully saturated rings. The molecule has 2 heterocycles. The lowest BCUT2D eigenvalue weighted by molar-refractivity contribution is 0.0690. The second-order valence-electron chi connectivity index (χ2n) is 5.81. The number of aromatic carboxylic acids is 1. The molecule has 8 heteroatoms. The van der Waals surface area contributed by atoms with Crippen molar-refractivity contribution in [3.05, 3.63) is 33.0 Å². The summed E-state index contributed by atoms with van der Waals surface area (Å²) in [6, 6.07) is 0. The summed E-state index contributed by atoms with van der Waals surface area (Å²) in [5, 5.41) is 21.0. The Labute approximate surface area is 137 Å². The third kappa shape index (κ3) is 3.42. The summed E-state index contributed by atoms with van der Waals surface area (Å²) in [6.07, 6.45) is 3.44. The van der Waals surface area contributed by atoms with Gasteiger partial charge >= 0.3 is 5.97 Å². The molecule has 1 atom stereocenters. The lowest BCUT2D eigenvalue weighted by Crippen LogP contribution is -2.27. The van der Waals surface area contributed by atoms with Crippen molar-refractivity contribution in [1.82, 2.24) is 20.5 Å². The van der Waals surface area contributed by atoms with Crippen molar-refractivity contribution in [1.29, 1.82) is 0 Å². The third-order valence-electron chi connectivity index (χ3n) is 4.00. The Balaban J connectivity index is 1.57. The van der Waals surface area contributed by atoms with Crippen LogP contribution in [0.1, 0.15) is 50.6 Å². The van der Waals surface area contributed by atoms with E-state index in [2.05, 4.69) is 27.4 Å². The molecule has 2 aromatic heterocycles. The number of fused-ring (bicyclic) bond motifs is 1. The zero-order valence-electron chi connectivity index (χ0n) is 12.8. The molecule has 0 aromatic carbocycles. The molecular weight excluding hydrogens is 316 g/mol. The number of hydrogen-bond acceptors (Lipinski definition) is 5. The van der Waals surface area contributed by atoms with E-state index in [0.717, 1.165) is 30.5 Å². The van der Waals surface area contributed by atoms with E-state index in [1.54, 1.807) is 0 Å². The lowest BCUT2D eigenvalue weighted by atomic mass is 9.87. The smallest absolute Gasteiger partial charge is 0.355 e. The highest BCUT2D eigenvalue weighted by atomic mass is 32.1. The van der Waals surface area contributed by atoms with Gasteiger partial charge in [0.25, 0.3) is 5.91 Å². The van der Waals surface area contributed by atoms with E-state index in [9.17, 15) is 9.59 Å². The van der Waals surface area contributed by atoms with Gasteiger partial charge in [-0.1, -0.05) is 6.92 Å². The number of aryl methyl sites for hydroxylation is 1. The third-order valence-corrected chi connectivity index (χ3v) is 4.91. The van der Waals surface area contributed by atoms with Crippen LogP contribution in [0.5, 0.6) is 0 Å². The normalized spacial score (nSPS) is 16.8. The molecule has 1 aliphatic rings. The highest BCUT2D eigenvalue weighted by molar-refractivity contribution is 7.09. The maximum atomic E-state index is 12.3. The average Bonchev–Trinajstić information content (AvgIpc) is 3.13. The first kappa shape index (κ1) is 15.7. The first-order valence-corrected chi connectivity index (χ1v) is 8.44. The van der Waals surface area contributed by atoms with Gasteiger partial charge < -0.3 is 10.4 Å². The fourth-order valence-corrected chi connectivity index (χ4v) is 3.52. The van der Waals surface area contributed by atoms with Crippen molar-refractivity contribution in [3.63, 3.8) is 0 Å². The Morgan fingerprint density at radius 3 is 3.09 bits per heavy atom. The molecule has 0 saturated carbocycles. The summed E-state index contributed by atoms with van der Waals surface area (Å²) < 4.78 is 0. The predicted octanol–water partition coefficient (Wildman–Crippen LogP) is 1.66. The zero-order valence-corrected chi connectivity index (χ0v) is 13.6. The Kier molecular flexibility index (Phi) is 4.42. The fourth-order valence-electron chi connectivity index (χ4n) is 2.75. The highest BCUT2D eigenvalue weighted by Gasteiger charge is 2.24. The highest BCUT2D eigenvalue weighted by Crippen LogP contribution is 2.26. The number of carboxylic acid groups (broad SMARTS) is 1. The zero-order chi connectivity index (χ0) is 16.4. The molecule has 1 amide bonds. The molecule has 0 radical (unpaired) electrons. The van der Waals surface area contributed by atoms with E-state index in [1.165, 1.54) is 16.7 Å².